The molecule has 0 bridgehead atoms. The van der Waals surface area contributed by atoms with Gasteiger partial charge in [-0.2, -0.15) is 0 Å². The molecule has 19 heavy (non-hydrogen) atoms. The van der Waals surface area contributed by atoms with Gasteiger partial charge in [0.1, 0.15) is 5.75 Å². The minimum absolute atomic E-state index is 0.185. The van der Waals surface area contributed by atoms with E-state index in [-0.39, 0.29) is 5.54 Å². The lowest BCUT2D eigenvalue weighted by Gasteiger charge is -2.38. The number of benzene rings is 1. The van der Waals surface area contributed by atoms with Gasteiger partial charge in [0.15, 0.2) is 0 Å². The van der Waals surface area contributed by atoms with Crippen molar-refractivity contribution in [3.63, 3.8) is 0 Å². The van der Waals surface area contributed by atoms with Gasteiger partial charge in [0.05, 0.1) is 6.61 Å². The molecule has 0 aliphatic heterocycles. The van der Waals surface area contributed by atoms with Crippen LogP contribution < -0.4 is 10.5 Å². The maximum absolute atomic E-state index is 6.69. The first-order valence-electron chi connectivity index (χ1n) is 7.70. The highest BCUT2D eigenvalue weighted by Crippen LogP contribution is 2.42. The van der Waals surface area contributed by atoms with Crippen molar-refractivity contribution in [1.82, 2.24) is 0 Å². The zero-order chi connectivity index (χ0) is 13.7. The molecule has 0 atom stereocenters. The van der Waals surface area contributed by atoms with Gasteiger partial charge < -0.3 is 10.5 Å². The van der Waals surface area contributed by atoms with Crippen molar-refractivity contribution >= 4 is 0 Å². The molecule has 0 spiro atoms. The molecule has 1 aromatic rings. The third kappa shape index (κ3) is 3.30. The van der Waals surface area contributed by atoms with E-state index >= 15 is 0 Å². The van der Waals surface area contributed by atoms with Gasteiger partial charge >= 0.3 is 0 Å². The lowest BCUT2D eigenvalue weighted by molar-refractivity contribution is 0.218. The van der Waals surface area contributed by atoms with Crippen LogP contribution in [0.25, 0.3) is 0 Å². The van der Waals surface area contributed by atoms with Crippen molar-refractivity contribution in [3.05, 3.63) is 29.8 Å². The Bertz CT molecular complexity index is 394. The molecule has 2 heteroatoms. The molecule has 0 aromatic heterocycles. The number of para-hydroxylation sites is 1. The lowest BCUT2D eigenvalue weighted by Crippen LogP contribution is -2.40. The smallest absolute Gasteiger partial charge is 0.124 e. The predicted molar refractivity (Wildman–Crippen MR) is 80.3 cm³/mol. The second kappa shape index (κ2) is 6.42. The third-order valence-corrected chi connectivity index (χ3v) is 4.42. The van der Waals surface area contributed by atoms with Crippen LogP contribution in [-0.4, -0.2) is 6.61 Å². The van der Waals surface area contributed by atoms with E-state index < -0.39 is 0 Å². The molecule has 0 saturated heterocycles. The van der Waals surface area contributed by atoms with Crippen LogP contribution in [0.4, 0.5) is 0 Å². The fourth-order valence-electron chi connectivity index (χ4n) is 3.32. The van der Waals surface area contributed by atoms with Crippen molar-refractivity contribution < 1.29 is 4.74 Å². The van der Waals surface area contributed by atoms with Gasteiger partial charge in [-0.15, -0.1) is 0 Å². The Morgan fingerprint density at radius 1 is 1.21 bits per heavy atom. The molecule has 1 aliphatic carbocycles. The molecule has 1 aliphatic rings. The van der Waals surface area contributed by atoms with Crippen molar-refractivity contribution in [2.24, 2.45) is 11.7 Å². The summed E-state index contributed by atoms with van der Waals surface area (Å²) in [5.74, 6) is 1.85. The number of nitrogens with two attached hydrogens (primary N) is 1. The Kier molecular flexibility index (Phi) is 4.87. The number of rotatable bonds is 5. The molecule has 1 saturated carbocycles. The second-order valence-corrected chi connectivity index (χ2v) is 5.82. The molecule has 1 fully saturated rings. The van der Waals surface area contributed by atoms with E-state index in [1.54, 1.807) is 0 Å². The summed E-state index contributed by atoms with van der Waals surface area (Å²) in [6.07, 6.45) is 7.32. The van der Waals surface area contributed by atoms with Crippen LogP contribution in [0.3, 0.4) is 0 Å². The molecule has 2 N–H and O–H groups in total. The summed E-state index contributed by atoms with van der Waals surface area (Å²) in [6, 6.07) is 8.29. The average Bonchev–Trinajstić information content (AvgIpc) is 2.43. The summed E-state index contributed by atoms with van der Waals surface area (Å²) in [5.41, 5.74) is 7.71. The Morgan fingerprint density at radius 3 is 2.53 bits per heavy atom. The maximum Gasteiger partial charge on any atom is 0.124 e. The first-order valence-corrected chi connectivity index (χ1v) is 7.70. The number of hydrogen-bond acceptors (Lipinski definition) is 2. The van der Waals surface area contributed by atoms with E-state index in [0.717, 1.165) is 24.5 Å². The fraction of sp³-hybridized carbons (Fsp3) is 0.647. The van der Waals surface area contributed by atoms with E-state index in [4.69, 9.17) is 10.5 Å². The Labute approximate surface area is 117 Å². The van der Waals surface area contributed by atoms with Gasteiger partial charge in [-0.1, -0.05) is 38.0 Å². The highest BCUT2D eigenvalue weighted by Gasteiger charge is 2.34. The van der Waals surface area contributed by atoms with Gasteiger partial charge in [-0.25, -0.2) is 0 Å². The second-order valence-electron chi connectivity index (χ2n) is 5.82. The minimum Gasteiger partial charge on any atom is -0.494 e. The summed E-state index contributed by atoms with van der Waals surface area (Å²) < 4.78 is 5.75. The molecule has 0 unspecified atom stereocenters. The number of ether oxygens (including phenoxy) is 1. The highest BCUT2D eigenvalue weighted by atomic mass is 16.5. The van der Waals surface area contributed by atoms with Crippen LogP contribution >= 0.6 is 0 Å². The molecule has 2 nitrogen and oxygen atoms in total. The highest BCUT2D eigenvalue weighted by molar-refractivity contribution is 5.39. The molecular formula is C17H27NO. The van der Waals surface area contributed by atoms with E-state index in [1.807, 2.05) is 19.1 Å². The van der Waals surface area contributed by atoms with Crippen molar-refractivity contribution in [2.45, 2.75) is 57.9 Å². The first kappa shape index (κ1) is 14.4. The molecule has 106 valence electrons. The van der Waals surface area contributed by atoms with E-state index in [2.05, 4.69) is 19.1 Å². The zero-order valence-electron chi connectivity index (χ0n) is 12.3. The van der Waals surface area contributed by atoms with Crippen LogP contribution in [0.5, 0.6) is 5.75 Å². The minimum atomic E-state index is -0.185. The van der Waals surface area contributed by atoms with Crippen LogP contribution in [0.1, 0.15) is 57.9 Å². The lowest BCUT2D eigenvalue weighted by atomic mass is 9.72. The van der Waals surface area contributed by atoms with Crippen LogP contribution in [0.2, 0.25) is 0 Å². The topological polar surface area (TPSA) is 35.2 Å². The summed E-state index contributed by atoms with van der Waals surface area (Å²) in [5, 5.41) is 0. The summed E-state index contributed by atoms with van der Waals surface area (Å²) in [7, 11) is 0. The zero-order valence-corrected chi connectivity index (χ0v) is 12.3. The normalized spacial score (nSPS) is 27.2. The standard InChI is InChI=1S/C17H27NO/c1-3-7-14-10-12-17(18,13-11-14)15-8-5-6-9-16(15)19-4-2/h5-6,8-9,14H,3-4,7,10-13,18H2,1-2H3. The van der Waals surface area contributed by atoms with Gasteiger partial charge in [0.25, 0.3) is 0 Å². The van der Waals surface area contributed by atoms with E-state index in [0.29, 0.717) is 6.61 Å². The summed E-state index contributed by atoms with van der Waals surface area (Å²) >= 11 is 0. The van der Waals surface area contributed by atoms with E-state index in [1.165, 1.54) is 31.2 Å². The van der Waals surface area contributed by atoms with Crippen molar-refractivity contribution in [3.8, 4) is 5.75 Å². The fourth-order valence-corrected chi connectivity index (χ4v) is 3.32. The summed E-state index contributed by atoms with van der Waals surface area (Å²) in [6.45, 7) is 5.00. The van der Waals surface area contributed by atoms with Gasteiger partial charge in [-0.3, -0.25) is 0 Å². The van der Waals surface area contributed by atoms with Crippen LogP contribution in [0.15, 0.2) is 24.3 Å². The van der Waals surface area contributed by atoms with Crippen LogP contribution in [0, 0.1) is 5.92 Å². The molecule has 2 rings (SSSR count). The van der Waals surface area contributed by atoms with Gasteiger partial charge in [0.2, 0.25) is 0 Å². The summed E-state index contributed by atoms with van der Waals surface area (Å²) in [4.78, 5) is 0. The van der Waals surface area contributed by atoms with Crippen molar-refractivity contribution in [2.75, 3.05) is 6.61 Å². The van der Waals surface area contributed by atoms with Crippen LogP contribution in [-0.2, 0) is 5.54 Å². The first-order chi connectivity index (χ1) is 9.19. The van der Waals surface area contributed by atoms with Gasteiger partial charge in [0, 0.05) is 11.1 Å². The molecule has 1 aromatic carbocycles. The molecule has 0 radical (unpaired) electrons. The Hall–Kier alpha value is -1.02. The average molecular weight is 261 g/mol. The Morgan fingerprint density at radius 2 is 1.89 bits per heavy atom. The van der Waals surface area contributed by atoms with Crippen molar-refractivity contribution in [1.29, 1.82) is 0 Å². The number of hydrogen-bond donors (Lipinski definition) is 1. The maximum atomic E-state index is 6.69. The molecule has 0 heterocycles. The molecule has 0 amide bonds. The van der Waals surface area contributed by atoms with Gasteiger partial charge in [-0.05, 0) is 44.6 Å². The van der Waals surface area contributed by atoms with E-state index in [9.17, 15) is 0 Å². The SMILES string of the molecule is CCCC1CCC(N)(c2ccccc2OCC)CC1. The monoisotopic (exact) mass is 261 g/mol. The predicted octanol–water partition coefficient (Wildman–Crippen LogP) is 4.23. The molecular weight excluding hydrogens is 234 g/mol. The quantitative estimate of drug-likeness (QED) is 0.861. The largest absolute Gasteiger partial charge is 0.494 e. The third-order valence-electron chi connectivity index (χ3n) is 4.42. The Balaban J connectivity index is 2.13.